The van der Waals surface area contributed by atoms with Crippen molar-refractivity contribution in [2.24, 2.45) is 4.99 Å². The van der Waals surface area contributed by atoms with Crippen LogP contribution >= 0.6 is 0 Å². The Labute approximate surface area is 207 Å². The van der Waals surface area contributed by atoms with E-state index in [0.717, 1.165) is 46.2 Å². The average Bonchev–Trinajstić information content (AvgIpc) is 3.44. The van der Waals surface area contributed by atoms with Crippen LogP contribution in [-0.4, -0.2) is 35.7 Å². The Bertz CT molecular complexity index is 1580. The van der Waals surface area contributed by atoms with Gasteiger partial charge in [0.2, 0.25) is 0 Å². The third kappa shape index (κ3) is 4.30. The van der Waals surface area contributed by atoms with Gasteiger partial charge in [0.1, 0.15) is 17.7 Å². The molecule has 0 spiro atoms. The normalized spacial score (nSPS) is 14.8. The molecule has 11 heteroatoms. The minimum atomic E-state index is -4.50. The highest BCUT2D eigenvalue weighted by atomic mass is 19.4. The van der Waals surface area contributed by atoms with E-state index in [4.69, 9.17) is 5.73 Å². The molecule has 0 saturated carbocycles. The fourth-order valence-electron chi connectivity index (χ4n) is 4.38. The van der Waals surface area contributed by atoms with Crippen molar-refractivity contribution in [3.63, 3.8) is 0 Å². The van der Waals surface area contributed by atoms with E-state index in [1.807, 2.05) is 12.1 Å². The second-order valence-electron chi connectivity index (χ2n) is 8.68. The smallest absolute Gasteiger partial charge is 0.395 e. The number of alkyl halides is 6. The van der Waals surface area contributed by atoms with E-state index in [9.17, 15) is 26.3 Å². The number of H-pyrrole nitrogens is 1. The largest absolute Gasteiger partial charge is 0.416 e. The zero-order valence-electron chi connectivity index (χ0n) is 19.5. The summed E-state index contributed by atoms with van der Waals surface area (Å²) >= 11 is 0. The second-order valence-corrected chi connectivity index (χ2v) is 8.68. The second kappa shape index (κ2) is 8.39. The Morgan fingerprint density at radius 2 is 1.54 bits per heavy atom. The van der Waals surface area contributed by atoms with Gasteiger partial charge in [-0.15, -0.1) is 0 Å². The van der Waals surface area contributed by atoms with Gasteiger partial charge in [0.25, 0.3) is 0 Å². The van der Waals surface area contributed by atoms with Crippen LogP contribution in [0, 0.1) is 0 Å². The highest BCUT2D eigenvalue weighted by Crippen LogP contribution is 2.37. The summed E-state index contributed by atoms with van der Waals surface area (Å²) in [5.41, 5.74) is 6.84. The number of aromatic nitrogens is 1. The molecule has 190 valence electrons. The summed E-state index contributed by atoms with van der Waals surface area (Å²) < 4.78 is 79.5. The van der Waals surface area contributed by atoms with Crippen molar-refractivity contribution < 1.29 is 30.9 Å². The quantitative estimate of drug-likeness (QED) is 0.181. The zero-order valence-corrected chi connectivity index (χ0v) is 19.5. The summed E-state index contributed by atoms with van der Waals surface area (Å²) in [7, 11) is 3.42. The topological polar surface area (TPSA) is 60.4 Å². The SMILES string of the molecule is CN(c1ccc(C(F)(F)F)cc1)c1[nH]cc2cc3c(cc12)C=NC3=[N+](C)c1ccc(C(F)(F)F)cc1N. The number of nitrogens with zero attached hydrogens (tertiary/aromatic N) is 3. The third-order valence-corrected chi connectivity index (χ3v) is 6.36. The number of halogens is 6. The van der Waals surface area contributed by atoms with Crippen LogP contribution in [0.4, 0.5) is 49.2 Å². The molecule has 0 aliphatic carbocycles. The van der Waals surface area contributed by atoms with Gasteiger partial charge in [-0.05, 0) is 59.6 Å². The van der Waals surface area contributed by atoms with Crippen LogP contribution in [0.3, 0.4) is 0 Å². The molecule has 5 nitrogen and oxygen atoms in total. The molecule has 0 unspecified atom stereocenters. The van der Waals surface area contributed by atoms with E-state index in [2.05, 4.69) is 9.98 Å². The lowest BCUT2D eigenvalue weighted by Gasteiger charge is -2.19. The number of hydrogen-bond donors (Lipinski definition) is 2. The van der Waals surface area contributed by atoms with Crippen LogP contribution in [0.5, 0.6) is 0 Å². The highest BCUT2D eigenvalue weighted by molar-refractivity contribution is 6.17. The maximum Gasteiger partial charge on any atom is 0.416 e. The maximum atomic E-state index is 13.0. The lowest BCUT2D eigenvalue weighted by molar-refractivity contribution is -0.404. The van der Waals surface area contributed by atoms with Crippen molar-refractivity contribution in [2.45, 2.75) is 12.4 Å². The van der Waals surface area contributed by atoms with Gasteiger partial charge >= 0.3 is 18.2 Å². The number of aromatic amines is 1. The highest BCUT2D eigenvalue weighted by Gasteiger charge is 2.33. The summed E-state index contributed by atoms with van der Waals surface area (Å²) in [5.74, 6) is 1.20. The minimum absolute atomic E-state index is 0.0309. The number of rotatable bonds is 3. The Balaban J connectivity index is 1.51. The first-order valence-corrected chi connectivity index (χ1v) is 11.0. The van der Waals surface area contributed by atoms with Crippen LogP contribution in [0.25, 0.3) is 10.8 Å². The fourth-order valence-corrected chi connectivity index (χ4v) is 4.38. The van der Waals surface area contributed by atoms with E-state index < -0.39 is 23.5 Å². The average molecular weight is 516 g/mol. The number of amidine groups is 1. The van der Waals surface area contributed by atoms with Gasteiger partial charge in [0.15, 0.2) is 0 Å². The molecule has 2 heterocycles. The molecule has 37 heavy (non-hydrogen) atoms. The summed E-state index contributed by atoms with van der Waals surface area (Å²) in [4.78, 5) is 9.39. The Morgan fingerprint density at radius 1 is 0.892 bits per heavy atom. The van der Waals surface area contributed by atoms with Crippen LogP contribution in [0.1, 0.15) is 22.3 Å². The number of anilines is 3. The molecule has 0 fully saturated rings. The molecule has 4 aromatic rings. The molecule has 3 aromatic carbocycles. The first kappa shape index (κ1) is 24.4. The van der Waals surface area contributed by atoms with Crippen molar-refractivity contribution in [1.82, 2.24) is 4.98 Å². The van der Waals surface area contributed by atoms with Crippen molar-refractivity contribution in [3.8, 4) is 0 Å². The molecule has 0 radical (unpaired) electrons. The molecule has 3 N–H and O–H groups in total. The molecular formula is C26H20F6N5+. The van der Waals surface area contributed by atoms with Crippen LogP contribution in [0.2, 0.25) is 0 Å². The molecular weight excluding hydrogens is 496 g/mol. The molecule has 1 aromatic heterocycles. The van der Waals surface area contributed by atoms with Gasteiger partial charge in [-0.3, -0.25) is 0 Å². The number of nitrogen functional groups attached to an aromatic ring is 1. The van der Waals surface area contributed by atoms with Crippen molar-refractivity contribution in [2.75, 3.05) is 24.7 Å². The van der Waals surface area contributed by atoms with E-state index in [-0.39, 0.29) is 5.69 Å². The minimum Gasteiger partial charge on any atom is -0.395 e. The zero-order chi connectivity index (χ0) is 26.7. The van der Waals surface area contributed by atoms with Gasteiger partial charge in [-0.2, -0.15) is 26.3 Å². The molecule has 1 aliphatic heterocycles. The van der Waals surface area contributed by atoms with Crippen LogP contribution in [-0.2, 0) is 12.4 Å². The standard InChI is InChI=1S/C26H19F6N5/c1-36(18-6-3-16(4-7-18)25(27,28)29)23-19-9-15-13-35-24(20(15)10-14(19)12-34-23)37(2)22-8-5-17(11-21(22)33)26(30,31)32/h3-13H,33H2,1-2H3/p+1. The molecule has 0 atom stereocenters. The number of hydrogen-bond acceptors (Lipinski definition) is 2. The van der Waals surface area contributed by atoms with Gasteiger partial charge in [-0.1, -0.05) is 0 Å². The fraction of sp³-hybridized carbons (Fsp3) is 0.154. The summed E-state index contributed by atoms with van der Waals surface area (Å²) in [6.07, 6.45) is -5.49. The Morgan fingerprint density at radius 3 is 2.16 bits per heavy atom. The summed E-state index contributed by atoms with van der Waals surface area (Å²) in [5, 5.41) is 1.65. The number of fused-ring (bicyclic) bond motifs is 2. The third-order valence-electron chi connectivity index (χ3n) is 6.36. The first-order chi connectivity index (χ1) is 17.3. The Kier molecular flexibility index (Phi) is 5.54. The first-order valence-electron chi connectivity index (χ1n) is 11.0. The van der Waals surface area contributed by atoms with Crippen LogP contribution in [0.15, 0.2) is 65.8 Å². The number of aliphatic imine (C=N–C) groups is 1. The molecule has 0 bridgehead atoms. The summed E-state index contributed by atoms with van der Waals surface area (Å²) in [6, 6.07) is 11.8. The lowest BCUT2D eigenvalue weighted by atomic mass is 10.0. The monoisotopic (exact) mass is 516 g/mol. The predicted octanol–water partition coefficient (Wildman–Crippen LogP) is 6.71. The van der Waals surface area contributed by atoms with Gasteiger partial charge in [0, 0.05) is 35.3 Å². The number of benzene rings is 3. The molecule has 1 aliphatic rings. The van der Waals surface area contributed by atoms with Crippen molar-refractivity contribution >= 4 is 45.7 Å². The van der Waals surface area contributed by atoms with E-state index in [0.29, 0.717) is 23.0 Å². The van der Waals surface area contributed by atoms with Crippen LogP contribution < -0.4 is 10.6 Å². The van der Waals surface area contributed by atoms with E-state index >= 15 is 0 Å². The van der Waals surface area contributed by atoms with E-state index in [1.54, 1.807) is 36.0 Å². The number of nitrogens with one attached hydrogen (secondary N) is 1. The number of nitrogens with two attached hydrogens (primary N) is 1. The molecule has 0 saturated heterocycles. The van der Waals surface area contributed by atoms with Gasteiger partial charge in [0.05, 0.1) is 29.4 Å². The lowest BCUT2D eigenvalue weighted by Crippen LogP contribution is -2.13. The molecule has 5 rings (SSSR count). The van der Waals surface area contributed by atoms with Gasteiger partial charge < -0.3 is 15.6 Å². The van der Waals surface area contributed by atoms with Crippen molar-refractivity contribution in [1.29, 1.82) is 0 Å². The Hall–Kier alpha value is -4.28. The molecule has 0 amide bonds. The van der Waals surface area contributed by atoms with Gasteiger partial charge in [-0.25, -0.2) is 4.58 Å². The predicted molar refractivity (Wildman–Crippen MR) is 131 cm³/mol. The summed E-state index contributed by atoms with van der Waals surface area (Å²) in [6.45, 7) is 0. The maximum absolute atomic E-state index is 13.0. The van der Waals surface area contributed by atoms with E-state index in [1.165, 1.54) is 18.2 Å². The van der Waals surface area contributed by atoms with Crippen molar-refractivity contribution in [3.05, 3.63) is 83.0 Å².